The zero-order valence-electron chi connectivity index (χ0n) is 11.6. The molecule has 1 aromatic rings. The summed E-state index contributed by atoms with van der Waals surface area (Å²) in [5, 5.41) is 8.74. The van der Waals surface area contributed by atoms with Crippen molar-refractivity contribution in [3.05, 3.63) is 23.8 Å². The zero-order chi connectivity index (χ0) is 14.1. The molecule has 0 saturated heterocycles. The van der Waals surface area contributed by atoms with Crippen LogP contribution in [0.15, 0.2) is 18.2 Å². The number of para-hydroxylation sites is 1. The van der Waals surface area contributed by atoms with Crippen LogP contribution in [0.1, 0.15) is 38.2 Å². The summed E-state index contributed by atoms with van der Waals surface area (Å²) in [4.78, 5) is 10.6. The van der Waals surface area contributed by atoms with Gasteiger partial charge in [-0.3, -0.25) is 4.79 Å². The van der Waals surface area contributed by atoms with E-state index in [9.17, 15) is 4.79 Å². The highest BCUT2D eigenvalue weighted by molar-refractivity contribution is 5.67. The smallest absolute Gasteiger partial charge is 0.303 e. The summed E-state index contributed by atoms with van der Waals surface area (Å²) in [7, 11) is 1.58. The molecule has 0 unspecified atom stereocenters. The van der Waals surface area contributed by atoms with Gasteiger partial charge in [0.25, 0.3) is 0 Å². The minimum Gasteiger partial charge on any atom is -0.493 e. The Hall–Kier alpha value is -1.71. The molecule has 106 valence electrons. The van der Waals surface area contributed by atoms with Crippen molar-refractivity contribution in [3.63, 3.8) is 0 Å². The van der Waals surface area contributed by atoms with Crippen LogP contribution in [0, 0.1) is 0 Å². The third-order valence-corrected chi connectivity index (χ3v) is 2.88. The van der Waals surface area contributed by atoms with Crippen molar-refractivity contribution in [2.75, 3.05) is 13.7 Å². The molecule has 0 atom stereocenters. The van der Waals surface area contributed by atoms with Gasteiger partial charge >= 0.3 is 5.97 Å². The number of rotatable bonds is 9. The summed E-state index contributed by atoms with van der Waals surface area (Å²) < 4.78 is 11.1. The average Bonchev–Trinajstić information content (AvgIpc) is 2.41. The molecule has 0 aliphatic heterocycles. The number of benzene rings is 1. The van der Waals surface area contributed by atoms with Gasteiger partial charge in [0.05, 0.1) is 13.7 Å². The topological polar surface area (TPSA) is 55.8 Å². The number of aliphatic carboxylic acids is 1. The lowest BCUT2D eigenvalue weighted by atomic mass is 10.1. The van der Waals surface area contributed by atoms with E-state index in [0.717, 1.165) is 24.8 Å². The third kappa shape index (κ3) is 5.20. The lowest BCUT2D eigenvalue weighted by Crippen LogP contribution is -2.03. The number of aryl methyl sites for hydroxylation is 1. The molecular formula is C15H22O4. The SMILES string of the molecule is CCCCCOc1cccc(CCC(=O)O)c1OC. The van der Waals surface area contributed by atoms with Crippen LogP contribution in [0.25, 0.3) is 0 Å². The molecule has 0 spiro atoms. The monoisotopic (exact) mass is 266 g/mol. The molecule has 19 heavy (non-hydrogen) atoms. The lowest BCUT2D eigenvalue weighted by Gasteiger charge is -2.14. The van der Waals surface area contributed by atoms with E-state index in [1.165, 1.54) is 0 Å². The molecule has 0 bridgehead atoms. The largest absolute Gasteiger partial charge is 0.493 e. The number of hydrogen-bond donors (Lipinski definition) is 1. The molecule has 0 fully saturated rings. The molecule has 4 heteroatoms. The van der Waals surface area contributed by atoms with Gasteiger partial charge in [-0.05, 0) is 24.5 Å². The number of ether oxygens (including phenoxy) is 2. The van der Waals surface area contributed by atoms with Crippen LogP contribution in [0.4, 0.5) is 0 Å². The van der Waals surface area contributed by atoms with Crippen molar-refractivity contribution in [2.45, 2.75) is 39.0 Å². The Morgan fingerprint density at radius 1 is 1.32 bits per heavy atom. The number of hydrogen-bond acceptors (Lipinski definition) is 3. The molecule has 4 nitrogen and oxygen atoms in total. The third-order valence-electron chi connectivity index (χ3n) is 2.88. The molecule has 0 saturated carbocycles. The van der Waals surface area contributed by atoms with Crippen LogP contribution in [0.3, 0.4) is 0 Å². The van der Waals surface area contributed by atoms with Gasteiger partial charge in [-0.1, -0.05) is 31.9 Å². The first-order valence-corrected chi connectivity index (χ1v) is 6.69. The van der Waals surface area contributed by atoms with E-state index in [1.54, 1.807) is 7.11 Å². The Morgan fingerprint density at radius 2 is 2.11 bits per heavy atom. The molecule has 0 aromatic heterocycles. The second-order valence-electron chi connectivity index (χ2n) is 4.40. The number of unbranched alkanes of at least 4 members (excludes halogenated alkanes) is 2. The Bertz CT molecular complexity index is 401. The molecule has 0 aliphatic rings. The quantitative estimate of drug-likeness (QED) is 0.697. The second kappa shape index (κ2) is 8.40. The normalized spacial score (nSPS) is 10.2. The Labute approximate surface area is 114 Å². The van der Waals surface area contributed by atoms with Gasteiger partial charge in [0.1, 0.15) is 0 Å². The maximum atomic E-state index is 10.6. The molecule has 0 radical (unpaired) electrons. The molecule has 0 heterocycles. The minimum atomic E-state index is -0.809. The first-order chi connectivity index (χ1) is 9.19. The highest BCUT2D eigenvalue weighted by atomic mass is 16.5. The number of carboxylic acids is 1. The van der Waals surface area contributed by atoms with E-state index in [1.807, 2.05) is 18.2 Å². The first kappa shape index (κ1) is 15.3. The highest BCUT2D eigenvalue weighted by Gasteiger charge is 2.11. The van der Waals surface area contributed by atoms with Gasteiger partial charge in [-0.2, -0.15) is 0 Å². The van der Waals surface area contributed by atoms with Crippen molar-refractivity contribution < 1.29 is 19.4 Å². The van der Waals surface area contributed by atoms with Gasteiger partial charge in [-0.15, -0.1) is 0 Å². The van der Waals surface area contributed by atoms with E-state index in [-0.39, 0.29) is 6.42 Å². The van der Waals surface area contributed by atoms with Crippen molar-refractivity contribution in [1.82, 2.24) is 0 Å². The van der Waals surface area contributed by atoms with E-state index < -0.39 is 5.97 Å². The van der Waals surface area contributed by atoms with E-state index >= 15 is 0 Å². The Balaban J connectivity index is 2.69. The van der Waals surface area contributed by atoms with Crippen molar-refractivity contribution >= 4 is 5.97 Å². The maximum absolute atomic E-state index is 10.6. The lowest BCUT2D eigenvalue weighted by molar-refractivity contribution is -0.136. The molecule has 0 aliphatic carbocycles. The van der Waals surface area contributed by atoms with Gasteiger partial charge in [0.2, 0.25) is 0 Å². The van der Waals surface area contributed by atoms with E-state index in [2.05, 4.69) is 6.92 Å². The number of carboxylic acid groups (broad SMARTS) is 1. The summed E-state index contributed by atoms with van der Waals surface area (Å²) >= 11 is 0. The number of carbonyl (C=O) groups is 1. The van der Waals surface area contributed by atoms with Crippen molar-refractivity contribution in [1.29, 1.82) is 0 Å². The van der Waals surface area contributed by atoms with Gasteiger partial charge in [0, 0.05) is 6.42 Å². The molecular weight excluding hydrogens is 244 g/mol. The summed E-state index contributed by atoms with van der Waals surface area (Å²) in [5.74, 6) is 0.540. The average molecular weight is 266 g/mol. The summed E-state index contributed by atoms with van der Waals surface area (Å²) in [6.07, 6.45) is 3.85. The first-order valence-electron chi connectivity index (χ1n) is 6.69. The number of methoxy groups -OCH3 is 1. The second-order valence-corrected chi connectivity index (χ2v) is 4.40. The van der Waals surface area contributed by atoms with Gasteiger partial charge in [0.15, 0.2) is 11.5 Å². The molecule has 1 aromatic carbocycles. The van der Waals surface area contributed by atoms with Crippen molar-refractivity contribution in [2.24, 2.45) is 0 Å². The van der Waals surface area contributed by atoms with Crippen LogP contribution in [0.2, 0.25) is 0 Å². The summed E-state index contributed by atoms with van der Waals surface area (Å²) in [5.41, 5.74) is 0.873. The van der Waals surface area contributed by atoms with Gasteiger partial charge in [-0.25, -0.2) is 0 Å². The molecule has 1 rings (SSSR count). The highest BCUT2D eigenvalue weighted by Crippen LogP contribution is 2.32. The summed E-state index contributed by atoms with van der Waals surface area (Å²) in [6.45, 7) is 2.81. The van der Waals surface area contributed by atoms with Crippen LogP contribution in [-0.2, 0) is 11.2 Å². The van der Waals surface area contributed by atoms with Crippen LogP contribution in [-0.4, -0.2) is 24.8 Å². The standard InChI is InChI=1S/C15H22O4/c1-3-4-5-11-19-13-8-6-7-12(15(13)18-2)9-10-14(16)17/h6-8H,3-5,9-11H2,1-2H3,(H,16,17). The zero-order valence-corrected chi connectivity index (χ0v) is 11.6. The van der Waals surface area contributed by atoms with E-state index in [0.29, 0.717) is 24.5 Å². The molecule has 1 N–H and O–H groups in total. The van der Waals surface area contributed by atoms with Crippen molar-refractivity contribution in [3.8, 4) is 11.5 Å². The maximum Gasteiger partial charge on any atom is 0.303 e. The van der Waals surface area contributed by atoms with Crippen LogP contribution >= 0.6 is 0 Å². The fraction of sp³-hybridized carbons (Fsp3) is 0.533. The molecule has 0 amide bonds. The fourth-order valence-corrected chi connectivity index (χ4v) is 1.88. The summed E-state index contributed by atoms with van der Waals surface area (Å²) in [6, 6.07) is 5.60. The van der Waals surface area contributed by atoms with Crippen LogP contribution in [0.5, 0.6) is 11.5 Å². The minimum absolute atomic E-state index is 0.0929. The van der Waals surface area contributed by atoms with Gasteiger partial charge < -0.3 is 14.6 Å². The van der Waals surface area contributed by atoms with E-state index in [4.69, 9.17) is 14.6 Å². The predicted molar refractivity (Wildman–Crippen MR) is 74.0 cm³/mol. The predicted octanol–water partition coefficient (Wildman–Crippen LogP) is 3.28. The van der Waals surface area contributed by atoms with Crippen LogP contribution < -0.4 is 9.47 Å². The fourth-order valence-electron chi connectivity index (χ4n) is 1.88. The Morgan fingerprint density at radius 3 is 2.74 bits per heavy atom. The Kier molecular flexibility index (Phi) is 6.79.